The van der Waals surface area contributed by atoms with Crippen molar-refractivity contribution in [1.82, 2.24) is 4.90 Å². The van der Waals surface area contributed by atoms with Crippen LogP contribution in [0.5, 0.6) is 0 Å². The van der Waals surface area contributed by atoms with Crippen LogP contribution in [0.25, 0.3) is 0 Å². The van der Waals surface area contributed by atoms with E-state index in [0.717, 1.165) is 31.5 Å². The molecule has 1 aliphatic carbocycles. The Hall–Kier alpha value is -1.55. The summed E-state index contributed by atoms with van der Waals surface area (Å²) in [5.74, 6) is 1.49. The van der Waals surface area contributed by atoms with E-state index >= 15 is 0 Å². The molecule has 0 spiro atoms. The predicted molar refractivity (Wildman–Crippen MR) is 79.6 cm³/mol. The van der Waals surface area contributed by atoms with E-state index in [1.807, 2.05) is 35.2 Å². The second-order valence-corrected chi connectivity index (χ2v) is 6.22. The summed E-state index contributed by atoms with van der Waals surface area (Å²) < 4.78 is 5.41. The topological polar surface area (TPSA) is 49.8 Å². The molecule has 4 nitrogen and oxygen atoms in total. The van der Waals surface area contributed by atoms with Gasteiger partial charge in [0.1, 0.15) is 6.61 Å². The summed E-state index contributed by atoms with van der Waals surface area (Å²) in [7, 11) is 0. The lowest BCUT2D eigenvalue weighted by molar-refractivity contribution is 0.0557. The van der Waals surface area contributed by atoms with Gasteiger partial charge in [0.15, 0.2) is 0 Å². The number of hydrogen-bond donors (Lipinski definition) is 1. The largest absolute Gasteiger partial charge is 0.445 e. The molecule has 1 amide bonds. The van der Waals surface area contributed by atoms with Crippen molar-refractivity contribution in [1.29, 1.82) is 0 Å². The molecule has 1 saturated heterocycles. The van der Waals surface area contributed by atoms with Crippen LogP contribution in [0.4, 0.5) is 4.79 Å². The normalized spacial score (nSPS) is 28.2. The average molecular weight is 289 g/mol. The number of fused-ring (bicyclic) bond motifs is 1. The number of aliphatic hydroxyl groups excluding tert-OH is 1. The van der Waals surface area contributed by atoms with Gasteiger partial charge in [0.2, 0.25) is 0 Å². The molecule has 0 radical (unpaired) electrons. The van der Waals surface area contributed by atoms with E-state index in [4.69, 9.17) is 4.74 Å². The number of carbonyl (C=O) groups is 1. The van der Waals surface area contributed by atoms with Crippen molar-refractivity contribution in [2.24, 2.45) is 17.8 Å². The molecule has 114 valence electrons. The first-order valence-electron chi connectivity index (χ1n) is 7.84. The van der Waals surface area contributed by atoms with Crippen LogP contribution in [0.3, 0.4) is 0 Å². The highest BCUT2D eigenvalue weighted by molar-refractivity contribution is 5.67. The second-order valence-electron chi connectivity index (χ2n) is 6.22. The van der Waals surface area contributed by atoms with E-state index in [1.54, 1.807) is 0 Å². The highest BCUT2D eigenvalue weighted by Gasteiger charge is 2.40. The van der Waals surface area contributed by atoms with Crippen LogP contribution in [-0.4, -0.2) is 35.8 Å². The summed E-state index contributed by atoms with van der Waals surface area (Å²) in [5.41, 5.74) is 1.01. The lowest BCUT2D eigenvalue weighted by Crippen LogP contribution is -2.44. The summed E-state index contributed by atoms with van der Waals surface area (Å²) in [6, 6.07) is 9.75. The first kappa shape index (κ1) is 14.4. The number of nitrogens with zero attached hydrogens (tertiary/aromatic N) is 1. The van der Waals surface area contributed by atoms with Crippen molar-refractivity contribution >= 4 is 6.09 Å². The van der Waals surface area contributed by atoms with Crippen molar-refractivity contribution < 1.29 is 14.6 Å². The quantitative estimate of drug-likeness (QED) is 0.930. The number of benzene rings is 1. The van der Waals surface area contributed by atoms with Crippen LogP contribution in [0.1, 0.15) is 24.8 Å². The molecule has 1 aromatic carbocycles. The standard InChI is InChI=1S/C17H23NO3/c19-11-15-7-6-14-8-9-18(10-16(14)15)17(20)21-12-13-4-2-1-3-5-13/h1-5,14-16,19H,6-12H2/t14-,15+,16+/m0/s1. The molecule has 0 bridgehead atoms. The highest BCUT2D eigenvalue weighted by atomic mass is 16.6. The summed E-state index contributed by atoms with van der Waals surface area (Å²) in [5, 5.41) is 9.45. The molecular formula is C17H23NO3. The Labute approximate surface area is 125 Å². The van der Waals surface area contributed by atoms with Gasteiger partial charge in [-0.1, -0.05) is 30.3 Å². The molecule has 21 heavy (non-hydrogen) atoms. The van der Waals surface area contributed by atoms with Gasteiger partial charge >= 0.3 is 6.09 Å². The number of piperidine rings is 1. The molecule has 1 saturated carbocycles. The number of aliphatic hydroxyl groups is 1. The minimum atomic E-state index is -0.221. The zero-order valence-corrected chi connectivity index (χ0v) is 12.3. The molecule has 2 aliphatic rings. The fraction of sp³-hybridized carbons (Fsp3) is 0.588. The number of hydrogen-bond acceptors (Lipinski definition) is 3. The molecule has 3 atom stereocenters. The SMILES string of the molecule is O=C(OCc1ccccc1)N1CC[C@@H]2CC[C@H](CO)[C@@H]2C1. The molecule has 3 rings (SSSR count). The van der Waals surface area contributed by atoms with Gasteiger partial charge in [-0.25, -0.2) is 4.79 Å². The van der Waals surface area contributed by atoms with Gasteiger partial charge in [-0.3, -0.25) is 0 Å². The van der Waals surface area contributed by atoms with Gasteiger partial charge in [-0.05, 0) is 42.6 Å². The summed E-state index contributed by atoms with van der Waals surface area (Å²) in [4.78, 5) is 14.0. The molecule has 4 heteroatoms. The minimum absolute atomic E-state index is 0.221. The van der Waals surface area contributed by atoms with Crippen molar-refractivity contribution in [3.8, 4) is 0 Å². The van der Waals surface area contributed by atoms with E-state index in [9.17, 15) is 9.90 Å². The van der Waals surface area contributed by atoms with Crippen LogP contribution < -0.4 is 0 Å². The van der Waals surface area contributed by atoms with E-state index < -0.39 is 0 Å². The van der Waals surface area contributed by atoms with E-state index in [-0.39, 0.29) is 12.7 Å². The average Bonchev–Trinajstić information content (AvgIpc) is 2.95. The third kappa shape index (κ3) is 3.21. The number of ether oxygens (including phenoxy) is 1. The zero-order valence-electron chi connectivity index (χ0n) is 12.3. The molecule has 1 aromatic rings. The number of carbonyl (C=O) groups excluding carboxylic acids is 1. The Morgan fingerprint density at radius 1 is 1.24 bits per heavy atom. The molecule has 2 fully saturated rings. The fourth-order valence-corrected chi connectivity index (χ4v) is 3.77. The van der Waals surface area contributed by atoms with E-state index in [1.165, 1.54) is 6.42 Å². The van der Waals surface area contributed by atoms with Crippen molar-refractivity contribution in [2.75, 3.05) is 19.7 Å². The molecule has 1 heterocycles. The third-order valence-electron chi connectivity index (χ3n) is 5.02. The van der Waals surface area contributed by atoms with Gasteiger partial charge in [0.25, 0.3) is 0 Å². The number of amides is 1. The van der Waals surface area contributed by atoms with Crippen molar-refractivity contribution in [2.45, 2.75) is 25.9 Å². The molecule has 0 unspecified atom stereocenters. The van der Waals surface area contributed by atoms with Crippen LogP contribution in [0.2, 0.25) is 0 Å². The maximum Gasteiger partial charge on any atom is 0.410 e. The third-order valence-corrected chi connectivity index (χ3v) is 5.02. The van der Waals surface area contributed by atoms with Crippen LogP contribution in [0.15, 0.2) is 30.3 Å². The monoisotopic (exact) mass is 289 g/mol. The van der Waals surface area contributed by atoms with Crippen LogP contribution in [-0.2, 0) is 11.3 Å². The first-order chi connectivity index (χ1) is 10.3. The summed E-state index contributed by atoms with van der Waals surface area (Å²) in [6.45, 7) is 2.10. The Balaban J connectivity index is 1.53. The highest BCUT2D eigenvalue weighted by Crippen LogP contribution is 2.41. The number of likely N-dealkylation sites (tertiary alicyclic amines) is 1. The Morgan fingerprint density at radius 3 is 2.81 bits per heavy atom. The number of rotatable bonds is 3. The van der Waals surface area contributed by atoms with E-state index in [2.05, 4.69) is 0 Å². The minimum Gasteiger partial charge on any atom is -0.445 e. The first-order valence-corrected chi connectivity index (χ1v) is 7.84. The molecule has 0 aromatic heterocycles. The Kier molecular flexibility index (Phi) is 4.44. The van der Waals surface area contributed by atoms with Crippen molar-refractivity contribution in [3.63, 3.8) is 0 Å². The van der Waals surface area contributed by atoms with Crippen molar-refractivity contribution in [3.05, 3.63) is 35.9 Å². The maximum absolute atomic E-state index is 12.2. The van der Waals surface area contributed by atoms with Crippen LogP contribution in [0, 0.1) is 17.8 Å². The maximum atomic E-state index is 12.2. The van der Waals surface area contributed by atoms with E-state index in [0.29, 0.717) is 24.4 Å². The lowest BCUT2D eigenvalue weighted by Gasteiger charge is -2.36. The smallest absolute Gasteiger partial charge is 0.410 e. The lowest BCUT2D eigenvalue weighted by atomic mass is 9.84. The zero-order chi connectivity index (χ0) is 14.7. The fourth-order valence-electron chi connectivity index (χ4n) is 3.77. The van der Waals surface area contributed by atoms with Gasteiger partial charge in [-0.15, -0.1) is 0 Å². The predicted octanol–water partition coefficient (Wildman–Crippen LogP) is 2.66. The Morgan fingerprint density at radius 2 is 2.05 bits per heavy atom. The molecule has 1 N–H and O–H groups in total. The van der Waals surface area contributed by atoms with Crippen LogP contribution >= 0.6 is 0 Å². The van der Waals surface area contributed by atoms with Gasteiger partial charge in [0.05, 0.1) is 0 Å². The summed E-state index contributed by atoms with van der Waals surface area (Å²) in [6.07, 6.45) is 3.12. The van der Waals surface area contributed by atoms with Gasteiger partial charge in [-0.2, -0.15) is 0 Å². The second kappa shape index (κ2) is 6.48. The van der Waals surface area contributed by atoms with Gasteiger partial charge < -0.3 is 14.7 Å². The Bertz CT molecular complexity index is 470. The van der Waals surface area contributed by atoms with Gasteiger partial charge in [0, 0.05) is 19.7 Å². The molecular weight excluding hydrogens is 266 g/mol. The summed E-state index contributed by atoms with van der Waals surface area (Å²) >= 11 is 0. The molecule has 1 aliphatic heterocycles.